The summed E-state index contributed by atoms with van der Waals surface area (Å²) in [5, 5.41) is 10.6. The van der Waals surface area contributed by atoms with Crippen molar-refractivity contribution in [2.24, 2.45) is 23.7 Å². The van der Waals surface area contributed by atoms with E-state index < -0.39 is 97.5 Å². The third-order valence-electron chi connectivity index (χ3n) is 17.9. The zero-order valence-corrected chi connectivity index (χ0v) is 62.0. The molecule has 92 heavy (non-hydrogen) atoms. The first-order chi connectivity index (χ1) is 44.2. The maximum absolute atomic E-state index is 13.0. The molecular weight excluding hydrogens is 1210 g/mol. The van der Waals surface area contributed by atoms with E-state index in [0.717, 1.165) is 120 Å². The molecule has 0 saturated carbocycles. The summed E-state index contributed by atoms with van der Waals surface area (Å²) in [6, 6.07) is 0. The van der Waals surface area contributed by atoms with Gasteiger partial charge in [0.1, 0.15) is 19.3 Å². The first-order valence-electron chi connectivity index (χ1n) is 37.8. The van der Waals surface area contributed by atoms with Crippen LogP contribution in [0.3, 0.4) is 0 Å². The van der Waals surface area contributed by atoms with Gasteiger partial charge in [0.25, 0.3) is 0 Å². The molecule has 5 unspecified atom stereocenters. The fourth-order valence-corrected chi connectivity index (χ4v) is 12.5. The molecule has 8 atom stereocenters. The van der Waals surface area contributed by atoms with E-state index in [1.807, 2.05) is 0 Å². The Morgan fingerprint density at radius 3 is 0.772 bits per heavy atom. The molecular formula is C73H142O17P2. The Kier molecular flexibility index (Phi) is 61.3. The van der Waals surface area contributed by atoms with Crippen molar-refractivity contribution in [2.45, 2.75) is 382 Å². The van der Waals surface area contributed by atoms with Crippen molar-refractivity contribution in [1.29, 1.82) is 0 Å². The van der Waals surface area contributed by atoms with Crippen molar-refractivity contribution in [1.82, 2.24) is 0 Å². The Hall–Kier alpha value is -1.94. The first-order valence-corrected chi connectivity index (χ1v) is 40.8. The summed E-state index contributed by atoms with van der Waals surface area (Å²) in [7, 11) is -9.91. The lowest BCUT2D eigenvalue weighted by Gasteiger charge is -2.21. The molecule has 546 valence electrons. The SMILES string of the molecule is CCC(C)CCCCCCCCCCCCCCCCC(=O)O[C@H](COC(=O)CCCCCCCCCC(C)C)COP(=O)(O)OC[C@@H](O)COP(=O)(O)OC[C@@H](COC(=O)CCCCCCCCC(C)CC)OC(=O)CCCCCCCCCCCCC(C)CC. The number of unbranched alkanes of at least 4 members (excludes halogenated alkanes) is 33. The number of phosphoric acid groups is 2. The predicted molar refractivity (Wildman–Crippen MR) is 372 cm³/mol. The molecule has 19 heteroatoms. The van der Waals surface area contributed by atoms with Crippen molar-refractivity contribution in [3.63, 3.8) is 0 Å². The van der Waals surface area contributed by atoms with Gasteiger partial charge < -0.3 is 33.8 Å². The summed E-state index contributed by atoms with van der Waals surface area (Å²) in [5.41, 5.74) is 0. The second kappa shape index (κ2) is 62.6. The van der Waals surface area contributed by atoms with Crippen LogP contribution in [0, 0.1) is 23.7 Å². The smallest absolute Gasteiger partial charge is 0.462 e. The summed E-state index contributed by atoms with van der Waals surface area (Å²) in [4.78, 5) is 72.6. The van der Waals surface area contributed by atoms with E-state index in [1.165, 1.54) is 154 Å². The van der Waals surface area contributed by atoms with Gasteiger partial charge in [-0.1, -0.05) is 312 Å². The molecule has 0 aliphatic heterocycles. The Bertz CT molecular complexity index is 1820. The van der Waals surface area contributed by atoms with Gasteiger partial charge in [0.05, 0.1) is 26.4 Å². The fraction of sp³-hybridized carbons (Fsp3) is 0.945. The second-order valence-corrected chi connectivity index (χ2v) is 30.4. The minimum atomic E-state index is -4.95. The van der Waals surface area contributed by atoms with Crippen molar-refractivity contribution in [3.05, 3.63) is 0 Å². The van der Waals surface area contributed by atoms with Crippen LogP contribution < -0.4 is 0 Å². The molecule has 0 fully saturated rings. The maximum atomic E-state index is 13.0. The summed E-state index contributed by atoms with van der Waals surface area (Å²) in [6.07, 6.45) is 45.8. The van der Waals surface area contributed by atoms with Gasteiger partial charge in [-0.05, 0) is 49.4 Å². The van der Waals surface area contributed by atoms with Gasteiger partial charge in [0.2, 0.25) is 0 Å². The predicted octanol–water partition coefficient (Wildman–Crippen LogP) is 20.9. The largest absolute Gasteiger partial charge is 0.472 e. The minimum absolute atomic E-state index is 0.105. The number of rotatable bonds is 70. The normalized spacial score (nSPS) is 15.1. The standard InChI is InChI=1S/C73H142O17P2/c1-9-64(6)50-42-34-26-20-16-14-12-13-15-17-22-28-39-47-55-72(77)89-68(59-83-70(75)53-45-37-30-24-25-33-41-49-63(4)5)61-87-91(79,80)85-57-67(74)58-86-92(81,82)88-62-69(60-84-71(76)54-46-38-32-31-36-44-52-66(8)11-3)90-73(78)56-48-40-29-23-19-18-21-27-35-43-51-65(7)10-2/h63-69,74H,9-62H2,1-8H3,(H,79,80)(H,81,82)/t64?,65?,66?,67-,68-,69-/m1/s1. The highest BCUT2D eigenvalue weighted by Crippen LogP contribution is 2.45. The van der Waals surface area contributed by atoms with Crippen LogP contribution in [0.5, 0.6) is 0 Å². The summed E-state index contributed by atoms with van der Waals surface area (Å²) in [6.45, 7) is 14.2. The van der Waals surface area contributed by atoms with Gasteiger partial charge in [-0.15, -0.1) is 0 Å². The molecule has 0 aromatic carbocycles. The number of esters is 4. The number of carbonyl (C=O) groups is 4. The molecule has 0 aromatic rings. The molecule has 0 aliphatic carbocycles. The van der Waals surface area contributed by atoms with E-state index in [-0.39, 0.29) is 25.7 Å². The quantitative estimate of drug-likeness (QED) is 0.0222. The van der Waals surface area contributed by atoms with Gasteiger partial charge in [0, 0.05) is 25.7 Å². The lowest BCUT2D eigenvalue weighted by atomic mass is 9.99. The Balaban J connectivity index is 5.23. The average molecular weight is 1350 g/mol. The molecule has 0 bridgehead atoms. The lowest BCUT2D eigenvalue weighted by molar-refractivity contribution is -0.161. The lowest BCUT2D eigenvalue weighted by Crippen LogP contribution is -2.30. The van der Waals surface area contributed by atoms with Gasteiger partial charge >= 0.3 is 39.5 Å². The maximum Gasteiger partial charge on any atom is 0.472 e. The first kappa shape index (κ1) is 90.1. The highest BCUT2D eigenvalue weighted by Gasteiger charge is 2.30. The van der Waals surface area contributed by atoms with E-state index >= 15 is 0 Å². The summed E-state index contributed by atoms with van der Waals surface area (Å²) < 4.78 is 68.4. The van der Waals surface area contributed by atoms with Crippen LogP contribution in [0.2, 0.25) is 0 Å². The molecule has 17 nitrogen and oxygen atoms in total. The fourth-order valence-electron chi connectivity index (χ4n) is 10.9. The zero-order valence-electron chi connectivity index (χ0n) is 60.2. The molecule has 0 heterocycles. The van der Waals surface area contributed by atoms with Crippen LogP contribution in [-0.4, -0.2) is 96.7 Å². The summed E-state index contributed by atoms with van der Waals surface area (Å²) >= 11 is 0. The molecule has 0 aromatic heterocycles. The Morgan fingerprint density at radius 1 is 0.304 bits per heavy atom. The van der Waals surface area contributed by atoms with Gasteiger partial charge in [-0.3, -0.25) is 37.3 Å². The average Bonchev–Trinajstić information content (AvgIpc) is 2.48. The molecule has 3 N–H and O–H groups in total. The highest BCUT2D eigenvalue weighted by atomic mass is 31.2. The van der Waals surface area contributed by atoms with E-state index in [9.17, 15) is 43.2 Å². The molecule has 0 spiro atoms. The number of carbonyl (C=O) groups excluding carboxylic acids is 4. The van der Waals surface area contributed by atoms with Crippen molar-refractivity contribution >= 4 is 39.5 Å². The molecule has 0 rings (SSSR count). The van der Waals surface area contributed by atoms with Crippen LogP contribution in [0.25, 0.3) is 0 Å². The van der Waals surface area contributed by atoms with E-state index in [1.54, 1.807) is 0 Å². The Labute approximate surface area is 562 Å². The third-order valence-corrected chi connectivity index (χ3v) is 19.8. The van der Waals surface area contributed by atoms with E-state index in [4.69, 9.17) is 37.0 Å². The number of ether oxygens (including phenoxy) is 4. The van der Waals surface area contributed by atoms with Crippen LogP contribution in [-0.2, 0) is 65.4 Å². The topological polar surface area (TPSA) is 237 Å². The monoisotopic (exact) mass is 1350 g/mol. The van der Waals surface area contributed by atoms with Gasteiger partial charge in [-0.2, -0.15) is 0 Å². The third kappa shape index (κ3) is 62.8. The minimum Gasteiger partial charge on any atom is -0.462 e. The number of hydrogen-bond acceptors (Lipinski definition) is 15. The number of phosphoric ester groups is 2. The van der Waals surface area contributed by atoms with Gasteiger partial charge in [0.15, 0.2) is 12.2 Å². The van der Waals surface area contributed by atoms with Crippen molar-refractivity contribution in [2.75, 3.05) is 39.6 Å². The van der Waals surface area contributed by atoms with Crippen LogP contribution in [0.4, 0.5) is 0 Å². The highest BCUT2D eigenvalue weighted by molar-refractivity contribution is 7.47. The summed E-state index contributed by atoms with van der Waals surface area (Å²) in [5.74, 6) is 0.958. The number of aliphatic hydroxyl groups excluding tert-OH is 1. The van der Waals surface area contributed by atoms with Crippen molar-refractivity contribution in [3.8, 4) is 0 Å². The van der Waals surface area contributed by atoms with Crippen LogP contribution in [0.1, 0.15) is 364 Å². The van der Waals surface area contributed by atoms with Crippen LogP contribution >= 0.6 is 15.6 Å². The molecule has 0 saturated heterocycles. The molecule has 0 aliphatic rings. The van der Waals surface area contributed by atoms with E-state index in [0.29, 0.717) is 31.6 Å². The van der Waals surface area contributed by atoms with Crippen LogP contribution in [0.15, 0.2) is 0 Å². The second-order valence-electron chi connectivity index (χ2n) is 27.5. The van der Waals surface area contributed by atoms with E-state index in [2.05, 4.69) is 55.4 Å². The molecule has 0 amide bonds. The van der Waals surface area contributed by atoms with Crippen molar-refractivity contribution < 1.29 is 80.2 Å². The number of aliphatic hydroxyl groups is 1. The van der Waals surface area contributed by atoms with Gasteiger partial charge in [-0.25, -0.2) is 9.13 Å². The molecule has 0 radical (unpaired) electrons. The Morgan fingerprint density at radius 2 is 0.522 bits per heavy atom. The number of hydrogen-bond donors (Lipinski definition) is 3. The zero-order chi connectivity index (χ0) is 68.2.